The number of nitriles is 1. The number of anilines is 1. The minimum Gasteiger partial charge on any atom is -0.494 e. The molecule has 0 atom stereocenters. The summed E-state index contributed by atoms with van der Waals surface area (Å²) in [6.45, 7) is 2.58. The summed E-state index contributed by atoms with van der Waals surface area (Å²) in [5, 5.41) is 15.1. The van der Waals surface area contributed by atoms with E-state index in [4.69, 9.17) is 4.74 Å². The number of nitrogens with zero attached hydrogens (tertiary/aromatic N) is 3. The highest BCUT2D eigenvalue weighted by Crippen LogP contribution is 2.28. The molecule has 0 saturated carbocycles. The smallest absolute Gasteiger partial charge is 0.144 e. The lowest BCUT2D eigenvalue weighted by Crippen LogP contribution is -1.95. The molecule has 5 nitrogen and oxygen atoms in total. The van der Waals surface area contributed by atoms with Crippen molar-refractivity contribution >= 4 is 54.6 Å². The fourth-order valence-electron chi connectivity index (χ4n) is 2.22. The fourth-order valence-corrected chi connectivity index (χ4v) is 4.12. The number of pyridine rings is 1. The molecule has 136 valence electrons. The SMILES string of the molecule is CCOc1ccc(-c2csc(/C(C#N)=C/Nc3ncc(Br)cc3Br)n2)cc1. The first-order valence-electron chi connectivity index (χ1n) is 7.97. The maximum atomic E-state index is 9.50. The Labute approximate surface area is 178 Å². The summed E-state index contributed by atoms with van der Waals surface area (Å²) in [6.07, 6.45) is 3.29. The Hall–Kier alpha value is -2.21. The van der Waals surface area contributed by atoms with Crippen LogP contribution in [0.4, 0.5) is 5.82 Å². The molecule has 0 bridgehead atoms. The molecule has 0 spiro atoms. The van der Waals surface area contributed by atoms with Gasteiger partial charge in [-0.15, -0.1) is 11.3 Å². The van der Waals surface area contributed by atoms with Gasteiger partial charge in [0.1, 0.15) is 28.2 Å². The molecule has 8 heteroatoms. The van der Waals surface area contributed by atoms with Crippen molar-refractivity contribution in [1.82, 2.24) is 9.97 Å². The van der Waals surface area contributed by atoms with Crippen LogP contribution < -0.4 is 10.1 Å². The van der Waals surface area contributed by atoms with E-state index in [0.717, 1.165) is 26.0 Å². The lowest BCUT2D eigenvalue weighted by molar-refractivity contribution is 0.340. The molecule has 0 radical (unpaired) electrons. The molecular formula is C19H14Br2N4OS. The van der Waals surface area contributed by atoms with E-state index >= 15 is 0 Å². The van der Waals surface area contributed by atoms with Gasteiger partial charge in [0.25, 0.3) is 0 Å². The van der Waals surface area contributed by atoms with Crippen LogP contribution in [0.2, 0.25) is 0 Å². The van der Waals surface area contributed by atoms with E-state index in [0.29, 0.717) is 23.0 Å². The summed E-state index contributed by atoms with van der Waals surface area (Å²) in [6, 6.07) is 11.8. The van der Waals surface area contributed by atoms with E-state index in [1.165, 1.54) is 11.3 Å². The molecule has 1 aromatic carbocycles. The maximum Gasteiger partial charge on any atom is 0.144 e. The highest BCUT2D eigenvalue weighted by Gasteiger charge is 2.10. The first-order valence-corrected chi connectivity index (χ1v) is 10.4. The standard InChI is InChI=1S/C19H14Br2N4OS/c1-2-26-15-5-3-12(4-6-15)17-11-27-19(25-17)13(8-22)9-23-18-16(21)7-14(20)10-24-18/h3-7,9-11H,2H2,1H3,(H,23,24)/b13-9+. The van der Waals surface area contributed by atoms with Gasteiger partial charge in [0.2, 0.25) is 0 Å². The molecule has 3 aromatic rings. The van der Waals surface area contributed by atoms with Gasteiger partial charge in [-0.1, -0.05) is 0 Å². The summed E-state index contributed by atoms with van der Waals surface area (Å²) >= 11 is 8.22. The van der Waals surface area contributed by atoms with E-state index in [9.17, 15) is 5.26 Å². The van der Waals surface area contributed by atoms with Gasteiger partial charge in [0.05, 0.1) is 16.8 Å². The van der Waals surface area contributed by atoms with Crippen LogP contribution in [-0.4, -0.2) is 16.6 Å². The van der Waals surface area contributed by atoms with Gasteiger partial charge in [-0.25, -0.2) is 9.97 Å². The Kier molecular flexibility index (Phi) is 6.61. The first kappa shape index (κ1) is 19.5. The molecule has 0 aliphatic rings. The van der Waals surface area contributed by atoms with Crippen molar-refractivity contribution in [2.75, 3.05) is 11.9 Å². The molecule has 27 heavy (non-hydrogen) atoms. The number of rotatable bonds is 6. The second-order valence-corrected chi connectivity index (χ2v) is 7.92. The highest BCUT2D eigenvalue weighted by atomic mass is 79.9. The van der Waals surface area contributed by atoms with Crippen LogP contribution in [0.15, 0.2) is 57.1 Å². The van der Waals surface area contributed by atoms with Crippen LogP contribution in [0.25, 0.3) is 16.8 Å². The van der Waals surface area contributed by atoms with Gasteiger partial charge in [-0.3, -0.25) is 0 Å². The van der Waals surface area contributed by atoms with E-state index in [1.807, 2.05) is 42.6 Å². The Morgan fingerprint density at radius 2 is 2.11 bits per heavy atom. The number of thiazole rings is 1. The number of ether oxygens (including phenoxy) is 1. The Balaban J connectivity index is 1.79. The van der Waals surface area contributed by atoms with Crippen LogP contribution in [0.5, 0.6) is 5.75 Å². The Morgan fingerprint density at radius 3 is 2.78 bits per heavy atom. The summed E-state index contributed by atoms with van der Waals surface area (Å²) in [5.41, 5.74) is 2.24. The van der Waals surface area contributed by atoms with Crippen molar-refractivity contribution in [3.05, 3.63) is 62.1 Å². The van der Waals surface area contributed by atoms with Gasteiger partial charge >= 0.3 is 0 Å². The Bertz CT molecular complexity index is 1010. The zero-order valence-electron chi connectivity index (χ0n) is 14.2. The molecule has 0 unspecified atom stereocenters. The number of hydrogen-bond acceptors (Lipinski definition) is 6. The summed E-state index contributed by atoms with van der Waals surface area (Å²) in [7, 11) is 0. The molecule has 0 fully saturated rings. The lowest BCUT2D eigenvalue weighted by atomic mass is 10.2. The second kappa shape index (κ2) is 9.13. The molecule has 2 heterocycles. The number of allylic oxidation sites excluding steroid dienone is 1. The molecule has 0 amide bonds. The average molecular weight is 506 g/mol. The van der Waals surface area contributed by atoms with E-state index < -0.39 is 0 Å². The van der Waals surface area contributed by atoms with Gasteiger partial charge in [-0.2, -0.15) is 5.26 Å². The number of halogens is 2. The minimum absolute atomic E-state index is 0.439. The lowest BCUT2D eigenvalue weighted by Gasteiger charge is -2.04. The van der Waals surface area contributed by atoms with Crippen LogP contribution in [-0.2, 0) is 0 Å². The van der Waals surface area contributed by atoms with Crippen LogP contribution in [0.3, 0.4) is 0 Å². The average Bonchev–Trinajstić information content (AvgIpc) is 3.14. The fraction of sp³-hybridized carbons (Fsp3) is 0.105. The van der Waals surface area contributed by atoms with Gasteiger partial charge in [-0.05, 0) is 69.1 Å². The topological polar surface area (TPSA) is 70.8 Å². The number of aromatic nitrogens is 2. The van der Waals surface area contributed by atoms with E-state index in [1.54, 1.807) is 12.4 Å². The highest BCUT2D eigenvalue weighted by molar-refractivity contribution is 9.11. The Morgan fingerprint density at radius 1 is 1.33 bits per heavy atom. The van der Waals surface area contributed by atoms with Gasteiger partial charge in [0, 0.05) is 27.8 Å². The third-order valence-corrected chi connectivity index (χ3v) is 5.39. The monoisotopic (exact) mass is 504 g/mol. The molecule has 0 aliphatic heterocycles. The molecule has 0 aliphatic carbocycles. The van der Waals surface area contributed by atoms with Crippen molar-refractivity contribution in [2.24, 2.45) is 0 Å². The van der Waals surface area contributed by atoms with Crippen LogP contribution >= 0.6 is 43.2 Å². The zero-order chi connectivity index (χ0) is 19.2. The third-order valence-electron chi connectivity index (χ3n) is 3.48. The maximum absolute atomic E-state index is 9.50. The number of hydrogen-bond donors (Lipinski definition) is 1. The van der Waals surface area contributed by atoms with Gasteiger partial charge in [0.15, 0.2) is 0 Å². The van der Waals surface area contributed by atoms with Crippen molar-refractivity contribution in [3.63, 3.8) is 0 Å². The van der Waals surface area contributed by atoms with Gasteiger partial charge < -0.3 is 10.1 Å². The zero-order valence-corrected chi connectivity index (χ0v) is 18.2. The molecule has 2 aromatic heterocycles. The molecule has 1 N–H and O–H groups in total. The molecule has 3 rings (SSSR count). The summed E-state index contributed by atoms with van der Waals surface area (Å²) in [5.74, 6) is 1.44. The van der Waals surface area contributed by atoms with E-state index in [-0.39, 0.29) is 0 Å². The van der Waals surface area contributed by atoms with Crippen molar-refractivity contribution in [2.45, 2.75) is 6.92 Å². The minimum atomic E-state index is 0.439. The van der Waals surface area contributed by atoms with Crippen molar-refractivity contribution in [1.29, 1.82) is 5.26 Å². The summed E-state index contributed by atoms with van der Waals surface area (Å²) < 4.78 is 7.11. The quantitative estimate of drug-likeness (QED) is 0.409. The first-order chi connectivity index (χ1) is 13.1. The second-order valence-electron chi connectivity index (χ2n) is 5.29. The molecule has 0 saturated heterocycles. The molecular weight excluding hydrogens is 492 g/mol. The van der Waals surface area contributed by atoms with Crippen molar-refractivity contribution in [3.8, 4) is 23.1 Å². The predicted octanol–water partition coefficient (Wildman–Crippen LogP) is 6.11. The van der Waals surface area contributed by atoms with E-state index in [2.05, 4.69) is 53.2 Å². The van der Waals surface area contributed by atoms with Crippen molar-refractivity contribution < 1.29 is 4.74 Å². The number of nitrogens with one attached hydrogen (secondary N) is 1. The summed E-state index contributed by atoms with van der Waals surface area (Å²) in [4.78, 5) is 8.85. The van der Waals surface area contributed by atoms with Crippen LogP contribution in [0.1, 0.15) is 11.9 Å². The predicted molar refractivity (Wildman–Crippen MR) is 116 cm³/mol. The number of benzene rings is 1. The van der Waals surface area contributed by atoms with Crippen LogP contribution in [0, 0.1) is 11.3 Å². The third kappa shape index (κ3) is 4.95. The normalized spacial score (nSPS) is 11.1. The largest absolute Gasteiger partial charge is 0.494 e.